The molecule has 2 aliphatic rings. The summed E-state index contributed by atoms with van der Waals surface area (Å²) in [6.45, 7) is 6.22. The van der Waals surface area contributed by atoms with E-state index >= 15 is 0 Å². The summed E-state index contributed by atoms with van der Waals surface area (Å²) in [6, 6.07) is 8.85. The molecule has 0 amide bonds. The largest absolute Gasteiger partial charge is 0.486 e. The maximum Gasteiger partial charge on any atom is 0.375 e. The first-order valence-corrected chi connectivity index (χ1v) is 15.5. The van der Waals surface area contributed by atoms with Crippen LogP contribution < -0.4 is 19.6 Å². The summed E-state index contributed by atoms with van der Waals surface area (Å²) >= 11 is 0. The van der Waals surface area contributed by atoms with Crippen LogP contribution in [-0.4, -0.2) is 87.0 Å². The highest BCUT2D eigenvalue weighted by atomic mass is 16.7. The van der Waals surface area contributed by atoms with Crippen molar-refractivity contribution in [3.63, 3.8) is 0 Å². The summed E-state index contributed by atoms with van der Waals surface area (Å²) in [5, 5.41) is 0.0665. The van der Waals surface area contributed by atoms with Crippen LogP contribution in [0.25, 0.3) is 22.1 Å². The minimum Gasteiger partial charge on any atom is -0.486 e. The third-order valence-corrected chi connectivity index (χ3v) is 7.36. The van der Waals surface area contributed by atoms with Crippen molar-refractivity contribution in [2.75, 3.05) is 26.4 Å². The van der Waals surface area contributed by atoms with Gasteiger partial charge in [0.1, 0.15) is 37.3 Å². The van der Waals surface area contributed by atoms with Gasteiger partial charge in [-0.25, -0.2) is 4.79 Å². The van der Waals surface area contributed by atoms with Crippen molar-refractivity contribution in [1.82, 2.24) is 0 Å². The fourth-order valence-corrected chi connectivity index (χ4v) is 5.47. The molecule has 0 unspecified atom stereocenters. The Kier molecular flexibility index (Phi) is 10.9. The van der Waals surface area contributed by atoms with Gasteiger partial charge in [-0.15, -0.1) is 0 Å². The molecule has 2 aromatic carbocycles. The van der Waals surface area contributed by atoms with Gasteiger partial charge in [-0.3, -0.25) is 24.0 Å². The van der Waals surface area contributed by atoms with Crippen LogP contribution in [0.4, 0.5) is 0 Å². The quantitative estimate of drug-likeness (QED) is 0.221. The van der Waals surface area contributed by atoms with Crippen LogP contribution >= 0.6 is 0 Å². The van der Waals surface area contributed by atoms with E-state index in [1.54, 1.807) is 25.1 Å². The molecule has 2 aliphatic heterocycles. The van der Waals surface area contributed by atoms with Gasteiger partial charge in [0.2, 0.25) is 23.6 Å². The number of carbonyl (C=O) groups excluding carboxylic acids is 5. The average Bonchev–Trinajstić information content (AvgIpc) is 3.05. The first-order valence-electron chi connectivity index (χ1n) is 15.5. The lowest BCUT2D eigenvalue weighted by atomic mass is 9.98. The Labute approximate surface area is 284 Å². The van der Waals surface area contributed by atoms with Gasteiger partial charge >= 0.3 is 29.8 Å². The molecule has 266 valence electrons. The number of rotatable bonds is 10. The molecule has 3 aromatic rings. The summed E-state index contributed by atoms with van der Waals surface area (Å²) in [4.78, 5) is 75.1. The van der Waals surface area contributed by atoms with Gasteiger partial charge in [0, 0.05) is 33.8 Å². The molecular weight excluding hydrogens is 664 g/mol. The number of carbonyl (C=O) groups is 5. The van der Waals surface area contributed by atoms with E-state index < -0.39 is 72.6 Å². The maximum absolute atomic E-state index is 13.9. The van der Waals surface area contributed by atoms with Crippen LogP contribution in [0.15, 0.2) is 45.6 Å². The van der Waals surface area contributed by atoms with Crippen molar-refractivity contribution < 1.29 is 71.0 Å². The fraction of sp³-hybridized carbons (Fsp3) is 0.412. The molecule has 50 heavy (non-hydrogen) atoms. The molecule has 5 atom stereocenters. The molecule has 0 N–H and O–H groups in total. The Morgan fingerprint density at radius 3 is 2.08 bits per heavy atom. The van der Waals surface area contributed by atoms with Gasteiger partial charge in [-0.2, -0.15) is 0 Å². The molecule has 0 aliphatic carbocycles. The summed E-state index contributed by atoms with van der Waals surface area (Å²) in [6.07, 6.45) is -7.18. The summed E-state index contributed by atoms with van der Waals surface area (Å²) < 4.78 is 55.9. The highest BCUT2D eigenvalue weighted by Gasteiger charge is 2.53. The molecule has 16 nitrogen and oxygen atoms in total. The topological polar surface area (TPSA) is 199 Å². The van der Waals surface area contributed by atoms with Crippen LogP contribution in [0, 0.1) is 0 Å². The number of ether oxygens (including phenoxy) is 9. The monoisotopic (exact) mass is 698 g/mol. The molecule has 0 radical (unpaired) electrons. The summed E-state index contributed by atoms with van der Waals surface area (Å²) in [5.41, 5.74) is -0.390. The van der Waals surface area contributed by atoms with Crippen molar-refractivity contribution in [3.8, 4) is 28.4 Å². The average molecular weight is 699 g/mol. The van der Waals surface area contributed by atoms with Crippen LogP contribution in [0.2, 0.25) is 0 Å². The van der Waals surface area contributed by atoms with Crippen molar-refractivity contribution in [2.45, 2.75) is 65.3 Å². The molecule has 0 saturated carbocycles. The Balaban J connectivity index is 1.57. The van der Waals surface area contributed by atoms with E-state index in [0.717, 1.165) is 27.7 Å². The number of fused-ring (bicyclic) bond motifs is 2. The number of esters is 5. The normalized spacial score (nSPS) is 21.0. The van der Waals surface area contributed by atoms with Crippen LogP contribution in [0.5, 0.6) is 17.2 Å². The number of benzene rings is 2. The van der Waals surface area contributed by atoms with Gasteiger partial charge in [-0.05, 0) is 36.8 Å². The zero-order chi connectivity index (χ0) is 36.1. The molecule has 0 bridgehead atoms. The molecule has 3 heterocycles. The smallest absolute Gasteiger partial charge is 0.375 e. The van der Waals surface area contributed by atoms with E-state index in [9.17, 15) is 28.8 Å². The molecule has 1 aromatic heterocycles. The Morgan fingerprint density at radius 2 is 1.42 bits per heavy atom. The van der Waals surface area contributed by atoms with E-state index in [1.807, 2.05) is 0 Å². The second-order valence-electron chi connectivity index (χ2n) is 11.1. The summed E-state index contributed by atoms with van der Waals surface area (Å²) in [7, 11) is 0. The summed E-state index contributed by atoms with van der Waals surface area (Å²) in [5.74, 6) is -3.54. The van der Waals surface area contributed by atoms with Gasteiger partial charge in [0.15, 0.2) is 23.7 Å². The Bertz CT molecular complexity index is 1860. The Hall–Kier alpha value is -5.64. The third-order valence-electron chi connectivity index (χ3n) is 7.36. The lowest BCUT2D eigenvalue weighted by Crippen LogP contribution is -2.63. The van der Waals surface area contributed by atoms with Crippen molar-refractivity contribution in [1.29, 1.82) is 0 Å². The lowest BCUT2D eigenvalue weighted by molar-refractivity contribution is -0.288. The number of hydrogen-bond acceptors (Lipinski definition) is 16. The second-order valence-corrected chi connectivity index (χ2v) is 11.1. The van der Waals surface area contributed by atoms with Gasteiger partial charge < -0.3 is 47.0 Å². The van der Waals surface area contributed by atoms with E-state index in [2.05, 4.69) is 0 Å². The highest BCUT2D eigenvalue weighted by Crippen LogP contribution is 2.37. The molecule has 1 fully saturated rings. The highest BCUT2D eigenvalue weighted by molar-refractivity contribution is 5.98. The van der Waals surface area contributed by atoms with Gasteiger partial charge in [0.25, 0.3) is 0 Å². The zero-order valence-corrected chi connectivity index (χ0v) is 27.7. The second kappa shape index (κ2) is 15.3. The first kappa shape index (κ1) is 35.7. The molecule has 1 saturated heterocycles. The SMILES string of the molecule is CCOC(=O)c1oc2cc(O[C@@H]3O[C@@H](COC(C)=O)[C@@H](OC(C)=O)[C@@H](OC(C)=O)[C@@H]3OC(C)=O)ccc2c(=O)c1-c1ccc2c(c1)OCCO2. The van der Waals surface area contributed by atoms with Crippen molar-refractivity contribution in [2.24, 2.45) is 0 Å². The van der Waals surface area contributed by atoms with E-state index in [1.165, 1.54) is 18.2 Å². The van der Waals surface area contributed by atoms with Crippen molar-refractivity contribution >= 4 is 40.8 Å². The molecular formula is C34H34O16. The van der Waals surface area contributed by atoms with E-state index in [4.69, 9.17) is 47.0 Å². The number of hydrogen-bond donors (Lipinski definition) is 0. The van der Waals surface area contributed by atoms with Crippen LogP contribution in [0.1, 0.15) is 45.2 Å². The predicted molar refractivity (Wildman–Crippen MR) is 167 cm³/mol. The fourth-order valence-electron chi connectivity index (χ4n) is 5.47. The maximum atomic E-state index is 13.9. The Morgan fingerprint density at radius 1 is 0.760 bits per heavy atom. The minimum absolute atomic E-state index is 0.00673. The predicted octanol–water partition coefficient (Wildman–Crippen LogP) is 2.87. The standard InChI is InChI=1S/C34H34O16/c1-6-41-33(40)30-27(20-7-10-23-25(13-20)43-12-11-42-23)28(39)22-9-8-21(14-24(22)49-30)48-34-32(47-19(5)38)31(46-18(4)37)29(45-17(3)36)26(50-34)15-44-16(2)35/h7-10,13-14,26,29,31-32,34H,6,11-12,15H2,1-5H3/t26-,29+,31+,32-,34+/m0/s1. The minimum atomic E-state index is -1.55. The van der Waals surface area contributed by atoms with Gasteiger partial charge in [0.05, 0.1) is 17.6 Å². The van der Waals surface area contributed by atoms with Gasteiger partial charge in [-0.1, -0.05) is 6.07 Å². The molecule has 16 heteroatoms. The van der Waals surface area contributed by atoms with Crippen LogP contribution in [0.3, 0.4) is 0 Å². The van der Waals surface area contributed by atoms with E-state index in [-0.39, 0.29) is 34.6 Å². The molecule has 0 spiro atoms. The lowest BCUT2D eigenvalue weighted by Gasteiger charge is -2.43. The van der Waals surface area contributed by atoms with Crippen molar-refractivity contribution in [3.05, 3.63) is 52.4 Å². The first-order chi connectivity index (χ1) is 23.9. The van der Waals surface area contributed by atoms with E-state index in [0.29, 0.717) is 30.3 Å². The third kappa shape index (κ3) is 7.97. The molecule has 5 rings (SSSR count). The zero-order valence-electron chi connectivity index (χ0n) is 27.7. The van der Waals surface area contributed by atoms with Crippen LogP contribution in [-0.2, 0) is 47.6 Å².